The van der Waals surface area contributed by atoms with Crippen LogP contribution in [0.3, 0.4) is 0 Å². The number of fused-ring (bicyclic) bond motifs is 1. The monoisotopic (exact) mass is 444 g/mol. The summed E-state index contributed by atoms with van der Waals surface area (Å²) < 4.78 is 20.8. The van der Waals surface area contributed by atoms with Gasteiger partial charge in [0.15, 0.2) is 0 Å². The van der Waals surface area contributed by atoms with Crippen molar-refractivity contribution in [1.29, 1.82) is 0 Å². The Balaban J connectivity index is 1.36. The van der Waals surface area contributed by atoms with Gasteiger partial charge in [0.1, 0.15) is 5.82 Å². The average Bonchev–Trinajstić information content (AvgIpc) is 2.84. The highest BCUT2D eigenvalue weighted by Crippen LogP contribution is 2.46. The molecule has 4 atom stereocenters. The fraction of sp³-hybridized carbons (Fsp3) is 0.484. The lowest BCUT2D eigenvalue weighted by atomic mass is 9.65. The van der Waals surface area contributed by atoms with Gasteiger partial charge in [-0.3, -0.25) is 0 Å². The van der Waals surface area contributed by atoms with Crippen molar-refractivity contribution in [2.75, 3.05) is 6.61 Å². The molecule has 0 radical (unpaired) electrons. The van der Waals surface area contributed by atoms with Crippen LogP contribution in [0.2, 0.25) is 0 Å². The molecule has 2 aliphatic rings. The minimum atomic E-state index is -0.190. The largest absolute Gasteiger partial charge is 0.378 e. The summed E-state index contributed by atoms with van der Waals surface area (Å²) in [4.78, 5) is 0. The predicted octanol–water partition coefficient (Wildman–Crippen LogP) is 7.82. The molecule has 0 amide bonds. The molecule has 4 unspecified atom stereocenters. The number of halogens is 1. The molecule has 2 heteroatoms. The van der Waals surface area contributed by atoms with E-state index in [9.17, 15) is 4.39 Å². The zero-order valence-electron chi connectivity index (χ0n) is 20.2. The smallest absolute Gasteiger partial charge is 0.139 e. The molecule has 174 valence electrons. The number of hydrogen-bond acceptors (Lipinski definition) is 1. The van der Waals surface area contributed by atoms with Gasteiger partial charge in [0, 0.05) is 12.2 Å². The molecule has 0 saturated heterocycles. The van der Waals surface area contributed by atoms with Crippen LogP contribution in [0.1, 0.15) is 87.0 Å². The van der Waals surface area contributed by atoms with E-state index in [1.54, 1.807) is 6.07 Å². The maximum absolute atomic E-state index is 14.9. The number of ether oxygens (including phenoxy) is 1. The number of benzene rings is 2. The van der Waals surface area contributed by atoms with E-state index in [2.05, 4.69) is 49.1 Å². The van der Waals surface area contributed by atoms with Crippen LogP contribution in [0.4, 0.5) is 4.39 Å². The molecule has 33 heavy (non-hydrogen) atoms. The topological polar surface area (TPSA) is 9.23 Å². The fourth-order valence-corrected chi connectivity index (χ4v) is 5.73. The minimum Gasteiger partial charge on any atom is -0.378 e. The minimum absolute atomic E-state index is 0.190. The first-order valence-electron chi connectivity index (χ1n) is 12.8. The molecule has 0 heterocycles. The average molecular weight is 445 g/mol. The van der Waals surface area contributed by atoms with Crippen LogP contribution in [0.15, 0.2) is 54.6 Å². The lowest BCUT2D eigenvalue weighted by molar-refractivity contribution is -0.00956. The molecule has 0 bridgehead atoms. The third kappa shape index (κ3) is 6.36. The quantitative estimate of drug-likeness (QED) is 0.326. The molecule has 0 aromatic heterocycles. The predicted molar refractivity (Wildman–Crippen MR) is 135 cm³/mol. The standard InChI is InChI=1S/C31H37FO/c1-3-5-6-7-23-8-10-24(11-9-23)12-13-25-14-15-29(22-31(25)32)26-16-17-28-21-30(33-4-2)19-18-27(28)20-26/h3,5,8-11,14-15,22,26-28,30H,4,6-7,16-21H2,1-2H3/b5-3+. The van der Waals surface area contributed by atoms with Crippen LogP contribution in [-0.2, 0) is 11.2 Å². The van der Waals surface area contributed by atoms with Gasteiger partial charge in [0.25, 0.3) is 0 Å². The number of rotatable bonds is 6. The lowest BCUT2D eigenvalue weighted by Gasteiger charge is -2.42. The van der Waals surface area contributed by atoms with Gasteiger partial charge in [-0.25, -0.2) is 4.39 Å². The van der Waals surface area contributed by atoms with Crippen molar-refractivity contribution >= 4 is 0 Å². The summed E-state index contributed by atoms with van der Waals surface area (Å²) in [5.41, 5.74) is 3.86. The van der Waals surface area contributed by atoms with Crippen molar-refractivity contribution in [3.05, 3.63) is 82.7 Å². The summed E-state index contributed by atoms with van der Waals surface area (Å²) >= 11 is 0. The molecule has 0 spiro atoms. The van der Waals surface area contributed by atoms with Gasteiger partial charge >= 0.3 is 0 Å². The van der Waals surface area contributed by atoms with Gasteiger partial charge in [-0.05, 0) is 118 Å². The Bertz CT molecular complexity index is 994. The zero-order valence-corrected chi connectivity index (χ0v) is 20.2. The second-order valence-corrected chi connectivity index (χ2v) is 9.71. The Labute approximate surface area is 199 Å². The van der Waals surface area contributed by atoms with E-state index in [1.165, 1.54) is 37.7 Å². The van der Waals surface area contributed by atoms with Crippen molar-refractivity contribution in [2.24, 2.45) is 11.8 Å². The van der Waals surface area contributed by atoms with Crippen molar-refractivity contribution < 1.29 is 9.13 Å². The molecule has 1 nitrogen and oxygen atoms in total. The van der Waals surface area contributed by atoms with Crippen molar-refractivity contribution in [2.45, 2.75) is 77.2 Å². The van der Waals surface area contributed by atoms with E-state index >= 15 is 0 Å². The molecule has 2 fully saturated rings. The van der Waals surface area contributed by atoms with Crippen LogP contribution in [-0.4, -0.2) is 12.7 Å². The molecule has 0 N–H and O–H groups in total. The summed E-state index contributed by atoms with van der Waals surface area (Å²) in [6, 6.07) is 14.0. The third-order valence-electron chi connectivity index (χ3n) is 7.56. The van der Waals surface area contributed by atoms with Gasteiger partial charge in [-0.2, -0.15) is 0 Å². The Kier molecular flexibility index (Phi) is 8.40. The van der Waals surface area contributed by atoms with E-state index in [4.69, 9.17) is 4.74 Å². The Hall–Kier alpha value is -2.37. The maximum Gasteiger partial charge on any atom is 0.139 e. The van der Waals surface area contributed by atoms with Crippen molar-refractivity contribution in [3.8, 4) is 11.8 Å². The van der Waals surface area contributed by atoms with Gasteiger partial charge in [-0.15, -0.1) is 0 Å². The summed E-state index contributed by atoms with van der Waals surface area (Å²) in [6.07, 6.45) is 14.0. The molecular weight excluding hydrogens is 407 g/mol. The van der Waals surface area contributed by atoms with E-state index in [0.29, 0.717) is 17.6 Å². The summed E-state index contributed by atoms with van der Waals surface area (Å²) in [7, 11) is 0. The first kappa shape index (κ1) is 23.8. The molecule has 2 aromatic carbocycles. The Morgan fingerprint density at radius 1 is 0.970 bits per heavy atom. The fourth-order valence-electron chi connectivity index (χ4n) is 5.73. The molecule has 4 rings (SSSR count). The highest BCUT2D eigenvalue weighted by atomic mass is 19.1. The van der Waals surface area contributed by atoms with Crippen molar-refractivity contribution in [3.63, 3.8) is 0 Å². The molecular formula is C31H37FO. The van der Waals surface area contributed by atoms with E-state index in [0.717, 1.165) is 48.8 Å². The number of hydrogen-bond donors (Lipinski definition) is 0. The highest BCUT2D eigenvalue weighted by Gasteiger charge is 2.36. The number of allylic oxidation sites excluding steroid dienone is 2. The van der Waals surface area contributed by atoms with E-state index < -0.39 is 0 Å². The van der Waals surface area contributed by atoms with Crippen LogP contribution >= 0.6 is 0 Å². The molecule has 2 aliphatic carbocycles. The van der Waals surface area contributed by atoms with Gasteiger partial charge in [0.05, 0.1) is 11.7 Å². The van der Waals surface area contributed by atoms with Crippen molar-refractivity contribution in [1.82, 2.24) is 0 Å². The Morgan fingerprint density at radius 3 is 2.52 bits per heavy atom. The molecule has 2 aromatic rings. The zero-order chi connectivity index (χ0) is 23.0. The maximum atomic E-state index is 14.9. The Morgan fingerprint density at radius 2 is 1.76 bits per heavy atom. The lowest BCUT2D eigenvalue weighted by Crippen LogP contribution is -2.33. The SMILES string of the molecule is C/C=C/CCc1ccc(C#Cc2ccc(C3CCC4CC(OCC)CCC4C3)cc2F)cc1. The first-order valence-corrected chi connectivity index (χ1v) is 12.8. The number of aryl methyl sites for hydroxylation is 1. The van der Waals surface area contributed by atoms with Crippen LogP contribution in [0.25, 0.3) is 0 Å². The van der Waals surface area contributed by atoms with Crippen LogP contribution in [0, 0.1) is 29.5 Å². The third-order valence-corrected chi connectivity index (χ3v) is 7.56. The normalized spacial score (nSPS) is 24.8. The van der Waals surface area contributed by atoms with Crippen LogP contribution in [0.5, 0.6) is 0 Å². The van der Waals surface area contributed by atoms with Gasteiger partial charge in [0.2, 0.25) is 0 Å². The van der Waals surface area contributed by atoms with E-state index in [1.807, 2.05) is 25.1 Å². The second-order valence-electron chi connectivity index (χ2n) is 9.71. The van der Waals surface area contributed by atoms with Crippen LogP contribution < -0.4 is 0 Å². The first-order chi connectivity index (χ1) is 16.2. The summed E-state index contributed by atoms with van der Waals surface area (Å²) in [6.45, 7) is 4.96. The van der Waals surface area contributed by atoms with E-state index in [-0.39, 0.29) is 5.82 Å². The summed E-state index contributed by atoms with van der Waals surface area (Å²) in [5, 5.41) is 0. The molecule has 0 aliphatic heterocycles. The highest BCUT2D eigenvalue weighted by molar-refractivity contribution is 5.45. The second kappa shape index (κ2) is 11.7. The van der Waals surface area contributed by atoms with Gasteiger partial charge < -0.3 is 4.74 Å². The molecule has 2 saturated carbocycles. The summed E-state index contributed by atoms with van der Waals surface area (Å²) in [5.74, 6) is 8.01. The van der Waals surface area contributed by atoms with Gasteiger partial charge in [-0.1, -0.05) is 42.2 Å².